The second-order valence-corrected chi connectivity index (χ2v) is 11.0. The molecule has 0 fully saturated rings. The summed E-state index contributed by atoms with van der Waals surface area (Å²) in [6.45, 7) is 2.04. The van der Waals surface area contributed by atoms with Crippen LogP contribution in [0.1, 0.15) is 27.0 Å². The first-order valence-corrected chi connectivity index (χ1v) is 14.7. The Labute approximate surface area is 256 Å². The van der Waals surface area contributed by atoms with Crippen molar-refractivity contribution in [1.29, 1.82) is 0 Å². The van der Waals surface area contributed by atoms with E-state index in [1.165, 1.54) is 43.8 Å². The summed E-state index contributed by atoms with van der Waals surface area (Å²) in [6.07, 6.45) is 1.01. The summed E-state index contributed by atoms with van der Waals surface area (Å²) in [6, 6.07) is 40.5. The lowest BCUT2D eigenvalue weighted by Gasteiger charge is -2.17. The summed E-state index contributed by atoms with van der Waals surface area (Å²) in [5, 5.41) is 8.64. The third-order valence-corrected chi connectivity index (χ3v) is 8.17. The van der Waals surface area contributed by atoms with E-state index in [4.69, 9.17) is 11.6 Å². The zero-order chi connectivity index (χ0) is 29.8. The van der Waals surface area contributed by atoms with Crippen LogP contribution in [0.15, 0.2) is 121 Å². The highest BCUT2D eigenvalue weighted by atomic mass is 35.5. The molecule has 0 aliphatic carbocycles. The molecule has 1 aliphatic heterocycles. The highest BCUT2D eigenvalue weighted by molar-refractivity contribution is 6.31. The van der Waals surface area contributed by atoms with Gasteiger partial charge in [-0.25, -0.2) is 0 Å². The lowest BCUT2D eigenvalue weighted by atomic mass is 9.88. The Bertz CT molecular complexity index is 1860. The van der Waals surface area contributed by atoms with Crippen molar-refractivity contribution in [3.05, 3.63) is 149 Å². The molecule has 6 aromatic rings. The maximum absolute atomic E-state index is 12.3. The van der Waals surface area contributed by atoms with Crippen molar-refractivity contribution in [3.63, 3.8) is 0 Å². The second kappa shape index (κ2) is 12.6. The minimum atomic E-state index is -0.0301. The van der Waals surface area contributed by atoms with Crippen molar-refractivity contribution in [2.75, 3.05) is 18.9 Å². The molecule has 0 aromatic heterocycles. The first kappa shape index (κ1) is 28.4. The quantitative estimate of drug-likeness (QED) is 0.163. The van der Waals surface area contributed by atoms with E-state index in [9.17, 15) is 9.59 Å². The maximum Gasteiger partial charge on any atom is 0.195 e. The van der Waals surface area contributed by atoms with E-state index in [1.54, 1.807) is 37.4 Å². The third-order valence-electron chi connectivity index (χ3n) is 7.93. The summed E-state index contributed by atoms with van der Waals surface area (Å²) < 4.78 is 0. The van der Waals surface area contributed by atoms with Crippen LogP contribution in [-0.4, -0.2) is 30.6 Å². The molecule has 0 atom stereocenters. The van der Waals surface area contributed by atoms with Gasteiger partial charge < -0.3 is 10.1 Å². The normalized spacial score (nSPS) is 12.4. The average molecular weight is 583 g/mol. The molecule has 1 heterocycles. The van der Waals surface area contributed by atoms with Crippen molar-refractivity contribution < 1.29 is 9.59 Å². The number of fused-ring (bicyclic) bond motifs is 7. The zero-order valence-corrected chi connectivity index (χ0v) is 24.6. The fraction of sp³-hybridized carbons (Fsp3) is 0.105. The number of benzene rings is 6. The monoisotopic (exact) mass is 582 g/mol. The summed E-state index contributed by atoms with van der Waals surface area (Å²) in [5.74, 6) is -0.0301. The highest BCUT2D eigenvalue weighted by Gasteiger charge is 2.23. The van der Waals surface area contributed by atoms with Gasteiger partial charge in [0.25, 0.3) is 0 Å². The Hall–Kier alpha value is -4.77. The van der Waals surface area contributed by atoms with E-state index in [2.05, 4.69) is 83.0 Å². The largest absolute Gasteiger partial charge is 0.388 e. The van der Waals surface area contributed by atoms with Crippen LogP contribution in [0.25, 0.3) is 32.7 Å². The molecule has 5 heteroatoms. The predicted molar refractivity (Wildman–Crippen MR) is 178 cm³/mol. The molecule has 43 heavy (non-hydrogen) atoms. The van der Waals surface area contributed by atoms with Gasteiger partial charge in [-0.3, -0.25) is 9.69 Å². The molecule has 0 saturated heterocycles. The van der Waals surface area contributed by atoms with Gasteiger partial charge >= 0.3 is 0 Å². The zero-order valence-electron chi connectivity index (χ0n) is 23.9. The lowest BCUT2D eigenvalue weighted by molar-refractivity contribution is -0.109. The number of nitrogens with one attached hydrogen (secondary N) is 1. The number of nitrogens with zero attached hydrogens (tertiary/aromatic N) is 1. The van der Waals surface area contributed by atoms with Crippen LogP contribution >= 0.6 is 11.6 Å². The Morgan fingerprint density at radius 2 is 1.30 bits per heavy atom. The molecule has 0 radical (unpaired) electrons. The Morgan fingerprint density at radius 3 is 1.86 bits per heavy atom. The fourth-order valence-electron chi connectivity index (χ4n) is 5.93. The van der Waals surface area contributed by atoms with Crippen LogP contribution in [0, 0.1) is 0 Å². The van der Waals surface area contributed by atoms with Gasteiger partial charge in [0.2, 0.25) is 0 Å². The number of carbonyl (C=O) groups excluding carboxylic acids is 2. The summed E-state index contributed by atoms with van der Waals surface area (Å²) in [7, 11) is 1.78. The minimum absolute atomic E-state index is 0.0301. The molecule has 0 unspecified atom stereocenters. The topological polar surface area (TPSA) is 49.4 Å². The van der Waals surface area contributed by atoms with Crippen molar-refractivity contribution in [2.24, 2.45) is 0 Å². The maximum atomic E-state index is 12.3. The molecule has 212 valence electrons. The molecule has 0 amide bonds. The Balaban J connectivity index is 0.000000168. The van der Waals surface area contributed by atoms with Crippen molar-refractivity contribution in [3.8, 4) is 11.1 Å². The van der Waals surface area contributed by atoms with Crippen molar-refractivity contribution >= 4 is 50.9 Å². The van der Waals surface area contributed by atoms with Gasteiger partial charge in [0.1, 0.15) is 6.29 Å². The van der Waals surface area contributed by atoms with E-state index in [1.807, 2.05) is 18.2 Å². The van der Waals surface area contributed by atoms with Gasteiger partial charge in [0.15, 0.2) is 5.78 Å². The van der Waals surface area contributed by atoms with Crippen LogP contribution in [-0.2, 0) is 17.9 Å². The van der Waals surface area contributed by atoms with Crippen LogP contribution in [0.5, 0.6) is 0 Å². The summed E-state index contributed by atoms with van der Waals surface area (Å²) >= 11 is 5.93. The predicted octanol–water partition coefficient (Wildman–Crippen LogP) is 8.79. The fourth-order valence-corrected chi connectivity index (χ4v) is 6.10. The number of carbonyl (C=O) groups is 2. The van der Waals surface area contributed by atoms with Crippen molar-refractivity contribution in [1.82, 2.24) is 4.90 Å². The molecule has 1 N–H and O–H groups in total. The number of anilines is 1. The Kier molecular flexibility index (Phi) is 8.32. The molecular formula is C38H31ClN2O2. The van der Waals surface area contributed by atoms with Gasteiger partial charge in [-0.15, -0.1) is 0 Å². The van der Waals surface area contributed by atoms with Crippen LogP contribution < -0.4 is 5.32 Å². The van der Waals surface area contributed by atoms with Crippen LogP contribution in [0.2, 0.25) is 5.02 Å². The molecule has 0 spiro atoms. The molecule has 7 rings (SSSR count). The first-order chi connectivity index (χ1) is 21.1. The molecule has 6 aromatic carbocycles. The van der Waals surface area contributed by atoms with Gasteiger partial charge in [-0.2, -0.15) is 0 Å². The van der Waals surface area contributed by atoms with E-state index < -0.39 is 0 Å². The molecule has 0 saturated carbocycles. The highest BCUT2D eigenvalue weighted by Crippen LogP contribution is 2.41. The third kappa shape index (κ3) is 5.80. The van der Waals surface area contributed by atoms with Gasteiger partial charge in [-0.05, 0) is 62.0 Å². The first-order valence-electron chi connectivity index (χ1n) is 14.3. The molecule has 4 nitrogen and oxygen atoms in total. The van der Waals surface area contributed by atoms with E-state index in [0.717, 1.165) is 25.1 Å². The number of ketones is 1. The van der Waals surface area contributed by atoms with Crippen molar-refractivity contribution in [2.45, 2.75) is 13.1 Å². The van der Waals surface area contributed by atoms with Crippen LogP contribution in [0.3, 0.4) is 0 Å². The second-order valence-electron chi connectivity index (χ2n) is 10.6. The van der Waals surface area contributed by atoms with E-state index >= 15 is 0 Å². The standard InChI is InChI=1S/C24H19NO.C14H12ClNO/c26-14-13-25-15-19-11-9-17-5-1-3-7-21(17)23(19)24-20(16-25)12-10-18-6-2-4-8-22(18)24;1-16-13-8-7-11(15)9-12(13)14(17)10-5-3-2-4-6-10/h1-12,14H,13,15-16H2;2-9,16H,1H3. The smallest absolute Gasteiger partial charge is 0.195 e. The van der Waals surface area contributed by atoms with E-state index in [-0.39, 0.29) is 5.78 Å². The SMILES string of the molecule is CNc1ccc(Cl)cc1C(=O)c1ccccc1.O=CCN1Cc2ccc3ccccc3c2-c2c(ccc3ccccc23)C1. The number of hydrogen-bond acceptors (Lipinski definition) is 4. The lowest BCUT2D eigenvalue weighted by Crippen LogP contribution is -2.23. The van der Waals surface area contributed by atoms with Gasteiger partial charge in [-0.1, -0.05) is 115 Å². The summed E-state index contributed by atoms with van der Waals surface area (Å²) in [4.78, 5) is 25.7. The van der Waals surface area contributed by atoms with Gasteiger partial charge in [0, 0.05) is 42.0 Å². The summed E-state index contributed by atoms with van der Waals surface area (Å²) in [5.41, 5.74) is 7.26. The minimum Gasteiger partial charge on any atom is -0.388 e. The van der Waals surface area contributed by atoms with Crippen LogP contribution in [0.4, 0.5) is 5.69 Å². The molecule has 1 aliphatic rings. The number of halogens is 1. The average Bonchev–Trinajstić information content (AvgIpc) is 3.22. The van der Waals surface area contributed by atoms with E-state index in [0.29, 0.717) is 22.7 Å². The van der Waals surface area contributed by atoms with Gasteiger partial charge in [0.05, 0.1) is 6.54 Å². The molecular weight excluding hydrogens is 552 g/mol. The number of aldehydes is 1. The Morgan fingerprint density at radius 1 is 0.744 bits per heavy atom. The molecule has 0 bridgehead atoms. The number of rotatable bonds is 5. The number of hydrogen-bond donors (Lipinski definition) is 1.